The first-order chi connectivity index (χ1) is 8.27. The van der Waals surface area contributed by atoms with E-state index in [2.05, 4.69) is 6.92 Å². The number of unbranched alkanes of at least 4 members (excludes halogenated alkanes) is 5. The third-order valence-electron chi connectivity index (χ3n) is 4.28. The summed E-state index contributed by atoms with van der Waals surface area (Å²) in [4.78, 5) is 0. The Hall–Kier alpha value is 0.350. The van der Waals surface area contributed by atoms with Gasteiger partial charge in [0.25, 0.3) is 0 Å². The molecule has 0 atom stereocenters. The molecule has 17 heavy (non-hydrogen) atoms. The van der Waals surface area contributed by atoms with Gasteiger partial charge in [0.05, 0.1) is 0 Å². The van der Waals surface area contributed by atoms with Crippen LogP contribution in [0.25, 0.3) is 0 Å². The maximum absolute atomic E-state index is 5.01. The van der Waals surface area contributed by atoms with Crippen LogP contribution in [0.1, 0.15) is 96.8 Å². The zero-order valence-electron chi connectivity index (χ0n) is 11.8. The molecule has 0 radical (unpaired) electrons. The fourth-order valence-electron chi connectivity index (χ4n) is 3.05. The average Bonchev–Trinajstić information content (AvgIpc) is 2.29. The normalized spacial score (nSPS) is 20.8. The van der Waals surface area contributed by atoms with Crippen molar-refractivity contribution in [1.29, 1.82) is 0 Å². The number of hydrogen-bond acceptors (Lipinski definition) is 1. The molecular formula is C16H32S. The second kappa shape index (κ2) is 9.30. The predicted molar refractivity (Wildman–Crippen MR) is 82.0 cm³/mol. The van der Waals surface area contributed by atoms with Crippen molar-refractivity contribution in [3.63, 3.8) is 0 Å². The first-order valence-electron chi connectivity index (χ1n) is 7.99. The van der Waals surface area contributed by atoms with Gasteiger partial charge < -0.3 is 0 Å². The van der Waals surface area contributed by atoms with Crippen LogP contribution in [-0.2, 0) is 0 Å². The highest BCUT2D eigenvalue weighted by molar-refractivity contribution is 7.81. The van der Waals surface area contributed by atoms with Crippen LogP contribution >= 0.6 is 12.6 Å². The van der Waals surface area contributed by atoms with Crippen LogP contribution in [0.4, 0.5) is 0 Å². The van der Waals surface area contributed by atoms with Crippen LogP contribution in [0.2, 0.25) is 0 Å². The van der Waals surface area contributed by atoms with Crippen molar-refractivity contribution in [2.24, 2.45) is 0 Å². The van der Waals surface area contributed by atoms with E-state index in [4.69, 9.17) is 12.6 Å². The molecule has 0 N–H and O–H groups in total. The molecule has 0 amide bonds. The van der Waals surface area contributed by atoms with E-state index in [9.17, 15) is 0 Å². The summed E-state index contributed by atoms with van der Waals surface area (Å²) in [5, 5.41) is 0. The summed E-state index contributed by atoms with van der Waals surface area (Å²) in [7, 11) is 0. The molecule has 1 fully saturated rings. The van der Waals surface area contributed by atoms with Gasteiger partial charge in [-0.25, -0.2) is 0 Å². The molecule has 0 unspecified atom stereocenters. The minimum absolute atomic E-state index is 0.394. The highest BCUT2D eigenvalue weighted by Gasteiger charge is 2.24. The topological polar surface area (TPSA) is 0 Å². The van der Waals surface area contributed by atoms with Crippen molar-refractivity contribution >= 4 is 12.6 Å². The lowest BCUT2D eigenvalue weighted by molar-refractivity contribution is 0.385. The van der Waals surface area contributed by atoms with Crippen molar-refractivity contribution < 1.29 is 0 Å². The van der Waals surface area contributed by atoms with E-state index in [1.54, 1.807) is 0 Å². The van der Waals surface area contributed by atoms with Crippen molar-refractivity contribution in [1.82, 2.24) is 0 Å². The molecular weight excluding hydrogens is 224 g/mol. The molecule has 1 heteroatoms. The zero-order chi connectivity index (χ0) is 12.4. The van der Waals surface area contributed by atoms with Gasteiger partial charge >= 0.3 is 0 Å². The van der Waals surface area contributed by atoms with Crippen molar-refractivity contribution in [2.45, 2.75) is 102 Å². The second-order valence-corrected chi connectivity index (χ2v) is 6.96. The predicted octanol–water partition coefficient (Wildman–Crippen LogP) is 6.15. The molecule has 0 spiro atoms. The summed E-state index contributed by atoms with van der Waals surface area (Å²) in [6.45, 7) is 2.29. The van der Waals surface area contributed by atoms with Crippen LogP contribution in [-0.4, -0.2) is 4.75 Å². The third kappa shape index (κ3) is 7.39. The standard InChI is InChI=1S/C16H32S/c1-2-3-4-5-7-10-13-16(17)14-11-8-6-9-12-15-16/h17H,2-15H2,1H3. The van der Waals surface area contributed by atoms with Crippen LogP contribution in [0.5, 0.6) is 0 Å². The van der Waals surface area contributed by atoms with E-state index in [-0.39, 0.29) is 0 Å². The Morgan fingerprint density at radius 3 is 1.94 bits per heavy atom. The lowest BCUT2D eigenvalue weighted by Gasteiger charge is -2.30. The SMILES string of the molecule is CCCCCCCCC1(S)CCCCCCC1. The number of rotatable bonds is 7. The molecule has 0 aromatic rings. The Kier molecular flexibility index (Phi) is 8.43. The van der Waals surface area contributed by atoms with E-state index < -0.39 is 0 Å². The molecule has 1 aliphatic carbocycles. The minimum atomic E-state index is 0.394. The zero-order valence-corrected chi connectivity index (χ0v) is 12.7. The minimum Gasteiger partial charge on any atom is -0.173 e. The highest BCUT2D eigenvalue weighted by Crippen LogP contribution is 2.36. The lowest BCUT2D eigenvalue weighted by atomic mass is 9.86. The van der Waals surface area contributed by atoms with E-state index in [0.29, 0.717) is 4.75 Å². The third-order valence-corrected chi connectivity index (χ3v) is 4.95. The Balaban J connectivity index is 2.09. The molecule has 0 aliphatic heterocycles. The summed E-state index contributed by atoms with van der Waals surface area (Å²) >= 11 is 5.01. The first-order valence-corrected chi connectivity index (χ1v) is 8.44. The van der Waals surface area contributed by atoms with E-state index in [1.165, 1.54) is 89.9 Å². The molecule has 1 aliphatic rings. The molecule has 0 aromatic heterocycles. The molecule has 1 saturated carbocycles. The molecule has 0 aromatic carbocycles. The van der Waals surface area contributed by atoms with Gasteiger partial charge in [0.1, 0.15) is 0 Å². The Bertz CT molecular complexity index is 168. The summed E-state index contributed by atoms with van der Waals surface area (Å²) in [5.41, 5.74) is 0. The van der Waals surface area contributed by atoms with Crippen molar-refractivity contribution in [2.75, 3.05) is 0 Å². The fraction of sp³-hybridized carbons (Fsp3) is 1.00. The molecule has 0 saturated heterocycles. The maximum Gasteiger partial charge on any atom is 0.0130 e. The smallest absolute Gasteiger partial charge is 0.0130 e. The second-order valence-electron chi connectivity index (χ2n) is 6.01. The molecule has 0 bridgehead atoms. The van der Waals surface area contributed by atoms with Crippen LogP contribution in [0.3, 0.4) is 0 Å². The summed E-state index contributed by atoms with van der Waals surface area (Å²) < 4.78 is 0.394. The van der Waals surface area contributed by atoms with Gasteiger partial charge in [0.2, 0.25) is 0 Å². The highest BCUT2D eigenvalue weighted by atomic mass is 32.1. The van der Waals surface area contributed by atoms with Gasteiger partial charge in [0.15, 0.2) is 0 Å². The monoisotopic (exact) mass is 256 g/mol. The summed E-state index contributed by atoms with van der Waals surface area (Å²) in [6.07, 6.45) is 19.8. The largest absolute Gasteiger partial charge is 0.173 e. The van der Waals surface area contributed by atoms with Gasteiger partial charge in [-0.05, 0) is 19.3 Å². The van der Waals surface area contributed by atoms with Crippen LogP contribution in [0, 0.1) is 0 Å². The number of hydrogen-bond donors (Lipinski definition) is 1. The Morgan fingerprint density at radius 1 is 0.765 bits per heavy atom. The summed E-state index contributed by atoms with van der Waals surface area (Å²) in [5.74, 6) is 0. The van der Waals surface area contributed by atoms with Gasteiger partial charge in [-0.2, -0.15) is 12.6 Å². The first kappa shape index (κ1) is 15.4. The molecule has 0 nitrogen and oxygen atoms in total. The van der Waals surface area contributed by atoms with Gasteiger partial charge in [-0.15, -0.1) is 0 Å². The van der Waals surface area contributed by atoms with Crippen LogP contribution in [0.15, 0.2) is 0 Å². The van der Waals surface area contributed by atoms with Crippen molar-refractivity contribution in [3.05, 3.63) is 0 Å². The van der Waals surface area contributed by atoms with E-state index >= 15 is 0 Å². The van der Waals surface area contributed by atoms with Crippen LogP contribution < -0.4 is 0 Å². The van der Waals surface area contributed by atoms with E-state index in [1.807, 2.05) is 0 Å². The van der Waals surface area contributed by atoms with Crippen molar-refractivity contribution in [3.8, 4) is 0 Å². The fourth-order valence-corrected chi connectivity index (χ4v) is 3.52. The van der Waals surface area contributed by atoms with Gasteiger partial charge in [0, 0.05) is 4.75 Å². The summed E-state index contributed by atoms with van der Waals surface area (Å²) in [6, 6.07) is 0. The maximum atomic E-state index is 5.01. The van der Waals surface area contributed by atoms with Gasteiger partial charge in [-0.1, -0.05) is 77.6 Å². The Labute approximate surface area is 114 Å². The quantitative estimate of drug-likeness (QED) is 0.410. The average molecular weight is 256 g/mol. The lowest BCUT2D eigenvalue weighted by Crippen LogP contribution is -2.22. The molecule has 102 valence electrons. The van der Waals surface area contributed by atoms with Gasteiger partial charge in [-0.3, -0.25) is 0 Å². The Morgan fingerprint density at radius 2 is 1.29 bits per heavy atom. The molecule has 1 rings (SSSR count). The number of thiol groups is 1. The van der Waals surface area contributed by atoms with E-state index in [0.717, 1.165) is 0 Å². The molecule has 0 heterocycles.